The summed E-state index contributed by atoms with van der Waals surface area (Å²) in [6, 6.07) is 0. The van der Waals surface area contributed by atoms with Gasteiger partial charge in [0.05, 0.1) is 13.3 Å². The fourth-order valence-electron chi connectivity index (χ4n) is 1.85. The zero-order chi connectivity index (χ0) is 13.4. The second-order valence-electron chi connectivity index (χ2n) is 3.98. The van der Waals surface area contributed by atoms with Crippen molar-refractivity contribution in [3.05, 3.63) is 24.2 Å². The number of anilines is 1. The first kappa shape index (κ1) is 11.5. The van der Waals surface area contributed by atoms with Gasteiger partial charge >= 0.3 is 0 Å². The van der Waals surface area contributed by atoms with E-state index in [1.165, 1.54) is 13.4 Å². The number of hydrogen-bond acceptors (Lipinski definition) is 7. The van der Waals surface area contributed by atoms with Crippen LogP contribution in [0.5, 0.6) is 5.88 Å². The highest BCUT2D eigenvalue weighted by atomic mass is 16.5. The molecular weight excluding hydrogens is 248 g/mol. The smallest absolute Gasteiger partial charge is 0.245 e. The summed E-state index contributed by atoms with van der Waals surface area (Å²) < 4.78 is 12.3. The lowest BCUT2D eigenvalue weighted by Gasteiger charge is -2.02. The fraction of sp³-hybridized carbons (Fsp3) is 0.273. The van der Waals surface area contributed by atoms with Crippen molar-refractivity contribution in [2.45, 2.75) is 13.5 Å². The van der Waals surface area contributed by atoms with Crippen molar-refractivity contribution >= 4 is 17.1 Å². The van der Waals surface area contributed by atoms with E-state index in [2.05, 4.69) is 19.9 Å². The highest BCUT2D eigenvalue weighted by Gasteiger charge is 2.16. The Morgan fingerprint density at radius 2 is 2.21 bits per heavy atom. The Balaban J connectivity index is 2.10. The lowest BCUT2D eigenvalue weighted by atomic mass is 10.5. The van der Waals surface area contributed by atoms with Crippen LogP contribution in [0, 0.1) is 6.92 Å². The first-order valence-corrected chi connectivity index (χ1v) is 5.61. The van der Waals surface area contributed by atoms with Gasteiger partial charge in [0.1, 0.15) is 18.6 Å². The molecule has 0 amide bonds. The van der Waals surface area contributed by atoms with Gasteiger partial charge in [-0.15, -0.1) is 0 Å². The predicted molar refractivity (Wildman–Crippen MR) is 66.6 cm³/mol. The Morgan fingerprint density at radius 1 is 1.37 bits per heavy atom. The average Bonchev–Trinajstić information content (AvgIpc) is 2.94. The first-order chi connectivity index (χ1) is 9.19. The molecule has 0 fully saturated rings. The minimum atomic E-state index is 0.310. The summed E-state index contributed by atoms with van der Waals surface area (Å²) in [6.45, 7) is 2.19. The minimum absolute atomic E-state index is 0.310. The molecule has 98 valence electrons. The highest BCUT2D eigenvalue weighted by molar-refractivity contribution is 5.78. The van der Waals surface area contributed by atoms with Gasteiger partial charge in [-0.05, 0) is 6.92 Å². The molecule has 0 aliphatic heterocycles. The van der Waals surface area contributed by atoms with E-state index in [9.17, 15) is 0 Å². The summed E-state index contributed by atoms with van der Waals surface area (Å²) in [4.78, 5) is 16.5. The molecule has 19 heavy (non-hydrogen) atoms. The van der Waals surface area contributed by atoms with Gasteiger partial charge < -0.3 is 14.9 Å². The number of oxazole rings is 1. The minimum Gasteiger partial charge on any atom is -0.479 e. The van der Waals surface area contributed by atoms with E-state index in [4.69, 9.17) is 14.9 Å². The molecule has 0 saturated heterocycles. The molecule has 0 bridgehead atoms. The zero-order valence-electron chi connectivity index (χ0n) is 10.5. The number of ether oxygens (including phenoxy) is 1. The van der Waals surface area contributed by atoms with Gasteiger partial charge in [0.2, 0.25) is 17.7 Å². The lowest BCUT2D eigenvalue weighted by molar-refractivity contribution is 0.401. The van der Waals surface area contributed by atoms with E-state index in [1.54, 1.807) is 10.8 Å². The van der Waals surface area contributed by atoms with Crippen molar-refractivity contribution in [1.29, 1.82) is 0 Å². The monoisotopic (exact) mass is 260 g/mol. The Labute approximate surface area is 108 Å². The summed E-state index contributed by atoms with van der Waals surface area (Å²) in [7, 11) is 1.52. The topological polar surface area (TPSA) is 105 Å². The zero-order valence-corrected chi connectivity index (χ0v) is 10.5. The maximum absolute atomic E-state index is 5.89. The number of imidazole rings is 1. The fourth-order valence-corrected chi connectivity index (χ4v) is 1.85. The first-order valence-electron chi connectivity index (χ1n) is 5.61. The Morgan fingerprint density at radius 3 is 2.89 bits per heavy atom. The standard InChI is InChI=1S/C11H12N6O2/c1-6-3-13-7(19-6)4-17-9-8(16-11(17)12)10(18-2)15-5-14-9/h3,5H,4H2,1-2H3,(H2,12,16). The lowest BCUT2D eigenvalue weighted by Crippen LogP contribution is -2.05. The molecular formula is C11H12N6O2. The third kappa shape index (κ3) is 1.86. The molecule has 0 aliphatic carbocycles. The van der Waals surface area contributed by atoms with Crippen molar-refractivity contribution in [2.75, 3.05) is 12.8 Å². The van der Waals surface area contributed by atoms with Crippen molar-refractivity contribution in [2.24, 2.45) is 0 Å². The van der Waals surface area contributed by atoms with Crippen molar-refractivity contribution in [1.82, 2.24) is 24.5 Å². The SMILES string of the molecule is COc1ncnc2c1nc(N)n2Cc1ncc(C)o1. The van der Waals surface area contributed by atoms with Gasteiger partial charge in [-0.1, -0.05) is 0 Å². The largest absolute Gasteiger partial charge is 0.479 e. The molecule has 0 spiro atoms. The van der Waals surface area contributed by atoms with Gasteiger partial charge in [-0.2, -0.15) is 4.98 Å². The summed E-state index contributed by atoms with van der Waals surface area (Å²) in [5.41, 5.74) is 6.99. The van der Waals surface area contributed by atoms with Gasteiger partial charge in [-0.3, -0.25) is 4.57 Å². The summed E-state index contributed by atoms with van der Waals surface area (Å²) >= 11 is 0. The molecule has 3 heterocycles. The number of aryl methyl sites for hydroxylation is 1. The van der Waals surface area contributed by atoms with Gasteiger partial charge in [0.15, 0.2) is 11.2 Å². The quantitative estimate of drug-likeness (QED) is 0.741. The molecule has 0 saturated carbocycles. The Kier molecular flexibility index (Phi) is 2.55. The molecule has 3 rings (SSSR count). The number of nitrogens with zero attached hydrogens (tertiary/aromatic N) is 5. The molecule has 3 aromatic rings. The third-order valence-electron chi connectivity index (χ3n) is 2.68. The Hall–Kier alpha value is -2.64. The number of rotatable bonds is 3. The second kappa shape index (κ2) is 4.23. The van der Waals surface area contributed by atoms with Crippen molar-refractivity contribution in [3.8, 4) is 5.88 Å². The van der Waals surface area contributed by atoms with E-state index < -0.39 is 0 Å². The van der Waals surface area contributed by atoms with Crippen molar-refractivity contribution in [3.63, 3.8) is 0 Å². The van der Waals surface area contributed by atoms with Crippen LogP contribution in [0.2, 0.25) is 0 Å². The normalized spacial score (nSPS) is 11.1. The van der Waals surface area contributed by atoms with Crippen LogP contribution in [0.3, 0.4) is 0 Å². The number of nitrogen functional groups attached to an aromatic ring is 1. The van der Waals surface area contributed by atoms with Crippen LogP contribution >= 0.6 is 0 Å². The Bertz CT molecular complexity index is 732. The summed E-state index contributed by atoms with van der Waals surface area (Å²) in [5.74, 6) is 1.98. The summed E-state index contributed by atoms with van der Waals surface area (Å²) in [6.07, 6.45) is 3.06. The molecule has 3 aromatic heterocycles. The van der Waals surface area contributed by atoms with E-state index >= 15 is 0 Å². The maximum atomic E-state index is 5.89. The molecule has 0 atom stereocenters. The maximum Gasteiger partial charge on any atom is 0.245 e. The van der Waals surface area contributed by atoms with Crippen LogP contribution < -0.4 is 10.5 Å². The number of methoxy groups -OCH3 is 1. The summed E-state index contributed by atoms with van der Waals surface area (Å²) in [5, 5.41) is 0. The number of hydrogen-bond donors (Lipinski definition) is 1. The van der Waals surface area contributed by atoms with E-state index in [1.807, 2.05) is 6.92 Å². The van der Waals surface area contributed by atoms with Crippen molar-refractivity contribution < 1.29 is 9.15 Å². The van der Waals surface area contributed by atoms with Gasteiger partial charge in [0.25, 0.3) is 0 Å². The average molecular weight is 260 g/mol. The van der Waals surface area contributed by atoms with Crippen LogP contribution in [0.15, 0.2) is 16.9 Å². The molecule has 0 radical (unpaired) electrons. The number of nitrogens with two attached hydrogens (primary N) is 1. The second-order valence-corrected chi connectivity index (χ2v) is 3.98. The third-order valence-corrected chi connectivity index (χ3v) is 2.68. The molecule has 8 heteroatoms. The van der Waals surface area contributed by atoms with Crippen LogP contribution in [-0.2, 0) is 6.54 Å². The molecule has 2 N–H and O–H groups in total. The van der Waals surface area contributed by atoms with E-state index in [-0.39, 0.29) is 0 Å². The molecule has 8 nitrogen and oxygen atoms in total. The molecule has 0 aliphatic rings. The number of fused-ring (bicyclic) bond motifs is 1. The molecule has 0 unspecified atom stereocenters. The van der Waals surface area contributed by atoms with Crippen LogP contribution in [-0.4, -0.2) is 31.6 Å². The van der Waals surface area contributed by atoms with Gasteiger partial charge in [0, 0.05) is 0 Å². The highest BCUT2D eigenvalue weighted by Crippen LogP contribution is 2.23. The van der Waals surface area contributed by atoms with E-state index in [0.717, 1.165) is 5.76 Å². The van der Waals surface area contributed by atoms with Crippen LogP contribution in [0.25, 0.3) is 11.2 Å². The molecule has 0 aromatic carbocycles. The van der Waals surface area contributed by atoms with E-state index in [0.29, 0.717) is 35.4 Å². The van der Waals surface area contributed by atoms with Crippen LogP contribution in [0.4, 0.5) is 5.95 Å². The number of aromatic nitrogens is 5. The predicted octanol–water partition coefficient (Wildman–Crippen LogP) is 0.762. The van der Waals surface area contributed by atoms with Crippen LogP contribution in [0.1, 0.15) is 11.7 Å². The van der Waals surface area contributed by atoms with Gasteiger partial charge in [-0.25, -0.2) is 15.0 Å².